The summed E-state index contributed by atoms with van der Waals surface area (Å²) in [6.07, 6.45) is 1.48. The van der Waals surface area contributed by atoms with Gasteiger partial charge in [0.2, 0.25) is 0 Å². The largest absolute Gasteiger partial charge is 0.468 e. The highest BCUT2D eigenvalue weighted by molar-refractivity contribution is 6.10. The molecule has 2 aliphatic rings. The van der Waals surface area contributed by atoms with Crippen molar-refractivity contribution in [2.75, 3.05) is 13.7 Å². The summed E-state index contributed by atoms with van der Waals surface area (Å²) >= 11 is 0. The number of nitrogens with zero attached hydrogens (tertiary/aromatic N) is 1. The van der Waals surface area contributed by atoms with Crippen LogP contribution in [0.2, 0.25) is 0 Å². The Hall–Kier alpha value is -1.68. The van der Waals surface area contributed by atoms with Crippen molar-refractivity contribution in [1.82, 2.24) is 4.90 Å². The molecule has 0 amide bonds. The molecule has 0 bridgehead atoms. The van der Waals surface area contributed by atoms with Gasteiger partial charge < -0.3 is 4.74 Å². The Kier molecular flexibility index (Phi) is 2.90. The molecule has 1 aromatic rings. The average molecular weight is 259 g/mol. The Morgan fingerprint density at radius 2 is 2.16 bits per heavy atom. The zero-order valence-electron chi connectivity index (χ0n) is 11.0. The number of carbonyl (C=O) groups is 2. The smallest absolute Gasteiger partial charge is 0.316 e. The van der Waals surface area contributed by atoms with Gasteiger partial charge in [-0.3, -0.25) is 14.5 Å². The van der Waals surface area contributed by atoms with E-state index in [1.807, 2.05) is 18.2 Å². The summed E-state index contributed by atoms with van der Waals surface area (Å²) in [5, 5.41) is 0. The van der Waals surface area contributed by atoms with Crippen LogP contribution < -0.4 is 0 Å². The van der Waals surface area contributed by atoms with Gasteiger partial charge in [-0.25, -0.2) is 0 Å². The molecular formula is C15H17NO3. The number of carbonyl (C=O) groups excluding carboxylic acids is 2. The van der Waals surface area contributed by atoms with Crippen LogP contribution in [0.5, 0.6) is 0 Å². The molecular weight excluding hydrogens is 242 g/mol. The first-order chi connectivity index (χ1) is 9.17. The predicted octanol–water partition coefficient (Wildman–Crippen LogP) is 1.39. The van der Waals surface area contributed by atoms with E-state index in [-0.39, 0.29) is 17.3 Å². The molecule has 1 aromatic carbocycles. The number of rotatable bonds is 3. The fraction of sp³-hybridized carbons (Fsp3) is 0.467. The summed E-state index contributed by atoms with van der Waals surface area (Å²) in [5.41, 5.74) is 0.824. The van der Waals surface area contributed by atoms with Crippen LogP contribution in [0.1, 0.15) is 18.4 Å². The van der Waals surface area contributed by atoms with Crippen molar-refractivity contribution < 1.29 is 14.3 Å². The van der Waals surface area contributed by atoms with Crippen LogP contribution in [0, 0.1) is 5.92 Å². The van der Waals surface area contributed by atoms with E-state index in [2.05, 4.69) is 21.8 Å². The zero-order chi connectivity index (χ0) is 13.5. The minimum atomic E-state index is -0.538. The number of hydrogen-bond acceptors (Lipinski definition) is 4. The van der Waals surface area contributed by atoms with Crippen LogP contribution >= 0.6 is 0 Å². The molecule has 2 unspecified atom stereocenters. The standard InChI is InChI=1S/C15H17NO3/c1-19-14(18)12-9-15(13(12)17)7-8-16(15)10-11-5-3-2-4-6-11/h2-6,12H,7-10H2,1H3. The van der Waals surface area contributed by atoms with Gasteiger partial charge in [0.15, 0.2) is 5.78 Å². The Bertz CT molecular complexity index is 513. The lowest BCUT2D eigenvalue weighted by Crippen LogP contribution is -2.73. The predicted molar refractivity (Wildman–Crippen MR) is 69.3 cm³/mol. The van der Waals surface area contributed by atoms with Gasteiger partial charge in [0.1, 0.15) is 5.92 Å². The summed E-state index contributed by atoms with van der Waals surface area (Å²) < 4.78 is 4.66. The lowest BCUT2D eigenvalue weighted by atomic mass is 9.60. The normalized spacial score (nSPS) is 29.7. The highest BCUT2D eigenvalue weighted by Gasteiger charge is 2.63. The van der Waals surface area contributed by atoms with E-state index in [0.29, 0.717) is 6.42 Å². The zero-order valence-corrected chi connectivity index (χ0v) is 11.0. The molecule has 0 N–H and O–H groups in total. The number of ketones is 1. The molecule has 2 atom stereocenters. The summed E-state index contributed by atoms with van der Waals surface area (Å²) in [4.78, 5) is 25.8. The van der Waals surface area contributed by atoms with E-state index in [0.717, 1.165) is 19.5 Å². The molecule has 2 fully saturated rings. The van der Waals surface area contributed by atoms with Crippen molar-refractivity contribution in [2.24, 2.45) is 5.92 Å². The molecule has 19 heavy (non-hydrogen) atoms. The quantitative estimate of drug-likeness (QED) is 0.608. The average Bonchev–Trinajstić information content (AvgIpc) is 2.43. The maximum atomic E-state index is 12.2. The first kappa shape index (κ1) is 12.4. The minimum absolute atomic E-state index is 0.0431. The molecule has 100 valence electrons. The number of hydrogen-bond donors (Lipinski definition) is 0. The van der Waals surface area contributed by atoms with Crippen molar-refractivity contribution in [3.8, 4) is 0 Å². The number of esters is 1. The second kappa shape index (κ2) is 4.46. The van der Waals surface area contributed by atoms with Gasteiger partial charge in [-0.2, -0.15) is 0 Å². The first-order valence-electron chi connectivity index (χ1n) is 6.58. The summed E-state index contributed by atoms with van der Waals surface area (Å²) in [6.45, 7) is 1.70. The molecule has 1 saturated carbocycles. The van der Waals surface area contributed by atoms with Gasteiger partial charge in [-0.05, 0) is 18.4 Å². The molecule has 3 rings (SSSR count). The van der Waals surface area contributed by atoms with Gasteiger partial charge in [-0.1, -0.05) is 30.3 Å². The van der Waals surface area contributed by atoms with Crippen LogP contribution in [0.25, 0.3) is 0 Å². The van der Waals surface area contributed by atoms with Crippen molar-refractivity contribution >= 4 is 11.8 Å². The highest BCUT2D eigenvalue weighted by atomic mass is 16.5. The van der Waals surface area contributed by atoms with Crippen molar-refractivity contribution in [2.45, 2.75) is 24.9 Å². The molecule has 1 aliphatic heterocycles. The number of ether oxygens (including phenoxy) is 1. The fourth-order valence-corrected chi connectivity index (χ4v) is 3.14. The Labute approximate surface area is 112 Å². The van der Waals surface area contributed by atoms with Gasteiger partial charge in [0.05, 0.1) is 12.6 Å². The Morgan fingerprint density at radius 3 is 2.68 bits per heavy atom. The van der Waals surface area contributed by atoms with Crippen molar-refractivity contribution in [1.29, 1.82) is 0 Å². The highest BCUT2D eigenvalue weighted by Crippen LogP contribution is 2.48. The Balaban J connectivity index is 1.68. The summed E-state index contributed by atoms with van der Waals surface area (Å²) in [5.74, 6) is -0.882. The fourth-order valence-electron chi connectivity index (χ4n) is 3.14. The Morgan fingerprint density at radius 1 is 1.42 bits per heavy atom. The van der Waals surface area contributed by atoms with Gasteiger partial charge in [-0.15, -0.1) is 0 Å². The van der Waals surface area contributed by atoms with E-state index in [4.69, 9.17) is 0 Å². The monoisotopic (exact) mass is 259 g/mol. The second-order valence-electron chi connectivity index (χ2n) is 5.33. The molecule has 4 nitrogen and oxygen atoms in total. The third kappa shape index (κ3) is 1.78. The minimum Gasteiger partial charge on any atom is -0.468 e. The number of benzene rings is 1. The molecule has 0 radical (unpaired) electrons. The summed E-state index contributed by atoms with van der Waals surface area (Å²) in [6, 6.07) is 10.1. The lowest BCUT2D eigenvalue weighted by molar-refractivity contribution is -0.177. The van der Waals surface area contributed by atoms with E-state index in [1.165, 1.54) is 12.7 Å². The van der Waals surface area contributed by atoms with Crippen molar-refractivity contribution in [3.63, 3.8) is 0 Å². The molecule has 1 aliphatic carbocycles. The van der Waals surface area contributed by atoms with Crippen LogP contribution in [-0.2, 0) is 20.9 Å². The van der Waals surface area contributed by atoms with Crippen LogP contribution in [0.3, 0.4) is 0 Å². The molecule has 0 aromatic heterocycles. The van der Waals surface area contributed by atoms with E-state index in [9.17, 15) is 9.59 Å². The maximum absolute atomic E-state index is 12.2. The SMILES string of the molecule is COC(=O)C1CC2(CCN2Cc2ccccc2)C1=O. The molecule has 1 heterocycles. The van der Waals surface area contributed by atoms with Gasteiger partial charge in [0, 0.05) is 13.1 Å². The second-order valence-corrected chi connectivity index (χ2v) is 5.33. The number of methoxy groups -OCH3 is 1. The topological polar surface area (TPSA) is 46.6 Å². The maximum Gasteiger partial charge on any atom is 0.316 e. The summed E-state index contributed by atoms with van der Waals surface area (Å²) in [7, 11) is 1.34. The van der Waals surface area contributed by atoms with Crippen LogP contribution in [0.15, 0.2) is 30.3 Å². The van der Waals surface area contributed by atoms with Crippen LogP contribution in [0.4, 0.5) is 0 Å². The first-order valence-corrected chi connectivity index (χ1v) is 6.58. The molecule has 4 heteroatoms. The molecule has 1 saturated heterocycles. The molecule has 1 spiro atoms. The van der Waals surface area contributed by atoms with E-state index in [1.54, 1.807) is 0 Å². The van der Waals surface area contributed by atoms with E-state index >= 15 is 0 Å². The van der Waals surface area contributed by atoms with E-state index < -0.39 is 5.92 Å². The number of Topliss-reactive ketones (excluding diaryl/α,β-unsaturated/α-hetero) is 1. The van der Waals surface area contributed by atoms with Gasteiger partial charge in [0.25, 0.3) is 0 Å². The van der Waals surface area contributed by atoms with Gasteiger partial charge >= 0.3 is 5.97 Å². The number of likely N-dealkylation sites (tertiary alicyclic amines) is 1. The lowest BCUT2D eigenvalue weighted by Gasteiger charge is -2.59. The third-order valence-electron chi connectivity index (χ3n) is 4.42. The van der Waals surface area contributed by atoms with Crippen LogP contribution in [-0.4, -0.2) is 35.8 Å². The third-order valence-corrected chi connectivity index (χ3v) is 4.42. The van der Waals surface area contributed by atoms with Crippen molar-refractivity contribution in [3.05, 3.63) is 35.9 Å².